The Labute approximate surface area is 351 Å². The van der Waals surface area contributed by atoms with Crippen LogP contribution in [0.4, 0.5) is 0 Å². The first-order valence-electron chi connectivity index (χ1n) is 21.7. The van der Waals surface area contributed by atoms with Gasteiger partial charge in [0.05, 0.1) is 28.2 Å². The zero-order valence-corrected chi connectivity index (χ0v) is 35.1. The molecule has 300 valence electrons. The van der Waals surface area contributed by atoms with E-state index in [1.807, 2.05) is 0 Å². The van der Waals surface area contributed by atoms with Crippen LogP contribution in [-0.2, 0) is 36.9 Å². The Morgan fingerprint density at radius 1 is 0.525 bits per heavy atom. The molecule has 0 saturated carbocycles. The summed E-state index contributed by atoms with van der Waals surface area (Å²) >= 11 is 0. The number of benzene rings is 5. The molecule has 59 heavy (non-hydrogen) atoms. The van der Waals surface area contributed by atoms with Crippen LogP contribution in [0.1, 0.15) is 97.2 Å². The van der Waals surface area contributed by atoms with Gasteiger partial charge in [0.2, 0.25) is 0 Å². The fourth-order valence-corrected chi connectivity index (χ4v) is 8.44. The molecule has 0 aliphatic rings. The van der Waals surface area contributed by atoms with Crippen molar-refractivity contribution < 1.29 is 9.90 Å². The number of pyridine rings is 2. The Kier molecular flexibility index (Phi) is 14.1. The van der Waals surface area contributed by atoms with Crippen LogP contribution < -0.4 is 0 Å². The highest BCUT2D eigenvalue weighted by atomic mass is 16.3. The minimum absolute atomic E-state index is 0.117. The number of nitrogens with zero attached hydrogens (tertiary/aromatic N) is 2. The SMILES string of the molecule is CC(=O)C=C(O)CCCc1ccc(CCc2cc(-c3cc(C)cc(CCCCCCCCc4cc(C)cc(-c5ccc6ccccc6n5)c4)c3)nc3ccccc23)cc1. The number of rotatable bonds is 19. The van der Waals surface area contributed by atoms with Crippen LogP contribution in [0.2, 0.25) is 0 Å². The summed E-state index contributed by atoms with van der Waals surface area (Å²) in [4.78, 5) is 21.3. The minimum Gasteiger partial charge on any atom is -0.512 e. The molecule has 0 aliphatic heterocycles. The molecule has 2 aromatic heterocycles. The number of aromatic nitrogens is 2. The summed E-state index contributed by atoms with van der Waals surface area (Å²) in [6.45, 7) is 5.87. The number of unbranched alkanes of at least 4 members (excludes halogenated alkanes) is 5. The largest absolute Gasteiger partial charge is 0.512 e. The lowest BCUT2D eigenvalue weighted by Gasteiger charge is -2.12. The molecular formula is C55H58N2O2. The number of aliphatic hydroxyl groups is 1. The van der Waals surface area contributed by atoms with E-state index in [0.717, 1.165) is 60.9 Å². The molecule has 5 aromatic carbocycles. The Bertz CT molecular complexity index is 2550. The lowest BCUT2D eigenvalue weighted by Crippen LogP contribution is -1.97. The molecule has 7 aromatic rings. The lowest BCUT2D eigenvalue weighted by molar-refractivity contribution is -0.112. The van der Waals surface area contributed by atoms with Gasteiger partial charge in [0.1, 0.15) is 0 Å². The van der Waals surface area contributed by atoms with Crippen molar-refractivity contribution in [3.8, 4) is 22.5 Å². The molecule has 0 fully saturated rings. The van der Waals surface area contributed by atoms with Gasteiger partial charge in [-0.2, -0.15) is 0 Å². The molecule has 0 unspecified atom stereocenters. The molecule has 0 saturated heterocycles. The smallest absolute Gasteiger partial charge is 0.155 e. The Hall–Kier alpha value is -5.87. The normalized spacial score (nSPS) is 11.7. The molecule has 0 atom stereocenters. The second kappa shape index (κ2) is 20.2. The molecule has 4 heteroatoms. The van der Waals surface area contributed by atoms with Gasteiger partial charge in [-0.3, -0.25) is 4.79 Å². The van der Waals surface area contributed by atoms with E-state index in [4.69, 9.17) is 9.97 Å². The second-order valence-electron chi connectivity index (χ2n) is 16.5. The highest BCUT2D eigenvalue weighted by molar-refractivity contribution is 5.87. The number of carbonyl (C=O) groups excluding carboxylic acids is 1. The van der Waals surface area contributed by atoms with Gasteiger partial charge in [-0.1, -0.05) is 116 Å². The number of aryl methyl sites for hydroxylation is 7. The van der Waals surface area contributed by atoms with E-state index < -0.39 is 0 Å². The average Bonchev–Trinajstić information content (AvgIpc) is 3.23. The maximum atomic E-state index is 11.2. The number of hydrogen-bond acceptors (Lipinski definition) is 4. The van der Waals surface area contributed by atoms with Crippen molar-refractivity contribution in [2.45, 2.75) is 104 Å². The highest BCUT2D eigenvalue weighted by Crippen LogP contribution is 2.29. The van der Waals surface area contributed by atoms with Gasteiger partial charge < -0.3 is 5.11 Å². The van der Waals surface area contributed by atoms with Gasteiger partial charge in [-0.15, -0.1) is 0 Å². The number of para-hydroxylation sites is 2. The second-order valence-corrected chi connectivity index (χ2v) is 16.5. The fraction of sp³-hybridized carbons (Fsp3) is 0.291. The predicted octanol–water partition coefficient (Wildman–Crippen LogP) is 14.0. The van der Waals surface area contributed by atoms with E-state index in [2.05, 4.69) is 141 Å². The van der Waals surface area contributed by atoms with E-state index in [0.29, 0.717) is 6.42 Å². The topological polar surface area (TPSA) is 63.1 Å². The summed E-state index contributed by atoms with van der Waals surface area (Å²) in [6, 6.07) is 46.3. The summed E-state index contributed by atoms with van der Waals surface area (Å²) in [6.07, 6.45) is 15.1. The van der Waals surface area contributed by atoms with Crippen LogP contribution in [0.5, 0.6) is 0 Å². The van der Waals surface area contributed by atoms with E-state index in [9.17, 15) is 9.90 Å². The van der Waals surface area contributed by atoms with Gasteiger partial charge in [0.15, 0.2) is 5.78 Å². The molecule has 1 N–H and O–H groups in total. The van der Waals surface area contributed by atoms with E-state index in [1.165, 1.54) is 112 Å². The van der Waals surface area contributed by atoms with Crippen LogP contribution in [0.15, 0.2) is 139 Å². The van der Waals surface area contributed by atoms with Gasteiger partial charge >= 0.3 is 0 Å². The Morgan fingerprint density at radius 2 is 1.08 bits per heavy atom. The quantitative estimate of drug-likeness (QED) is 0.0504. The number of hydrogen-bond donors (Lipinski definition) is 1. The molecule has 0 aliphatic carbocycles. The monoisotopic (exact) mass is 778 g/mol. The van der Waals surface area contributed by atoms with Crippen LogP contribution in [-0.4, -0.2) is 20.9 Å². The Morgan fingerprint density at radius 3 is 1.76 bits per heavy atom. The number of carbonyl (C=O) groups is 1. The van der Waals surface area contributed by atoms with Gasteiger partial charge in [-0.25, -0.2) is 9.97 Å². The van der Waals surface area contributed by atoms with E-state index in [1.54, 1.807) is 0 Å². The highest BCUT2D eigenvalue weighted by Gasteiger charge is 2.11. The third-order valence-electron chi connectivity index (χ3n) is 11.4. The van der Waals surface area contributed by atoms with Crippen molar-refractivity contribution in [1.29, 1.82) is 0 Å². The van der Waals surface area contributed by atoms with Crippen molar-refractivity contribution in [3.05, 3.63) is 178 Å². The average molecular weight is 779 g/mol. The zero-order valence-electron chi connectivity index (χ0n) is 35.1. The van der Waals surface area contributed by atoms with Crippen molar-refractivity contribution in [3.63, 3.8) is 0 Å². The standard InChI is InChI=1S/C55H58N2O2/c1-39-31-44(36-48(33-39)53-30-29-46-18-10-12-21-52(46)56-53)15-8-6-4-5-7-9-16-45-32-40(2)34-49(37-45)55-38-47(51-20-11-13-22-54(51)57-55)28-27-43-25-23-42(24-26-43)17-14-19-50(59)35-41(3)58/h10-13,18,20-26,29-38,59H,4-9,14-17,19,27-28H2,1-3H3. The first kappa shape index (κ1) is 41.3. The van der Waals surface area contributed by atoms with Crippen LogP contribution >= 0.6 is 0 Å². The van der Waals surface area contributed by atoms with Crippen LogP contribution in [0.25, 0.3) is 44.3 Å². The third-order valence-corrected chi connectivity index (χ3v) is 11.4. The molecule has 2 heterocycles. The van der Waals surface area contributed by atoms with Crippen LogP contribution in [0.3, 0.4) is 0 Å². The summed E-state index contributed by atoms with van der Waals surface area (Å²) in [5, 5.41) is 12.3. The molecule has 0 spiro atoms. The first-order valence-corrected chi connectivity index (χ1v) is 21.7. The summed E-state index contributed by atoms with van der Waals surface area (Å²) in [5.74, 6) is 0.0476. The van der Waals surface area contributed by atoms with E-state index in [-0.39, 0.29) is 11.5 Å². The molecule has 0 amide bonds. The van der Waals surface area contributed by atoms with Gasteiger partial charge in [-0.05, 0) is 148 Å². The number of allylic oxidation sites excluding steroid dienone is 2. The summed E-state index contributed by atoms with van der Waals surface area (Å²) in [5.41, 5.74) is 15.9. The summed E-state index contributed by atoms with van der Waals surface area (Å²) < 4.78 is 0. The molecular weight excluding hydrogens is 721 g/mol. The molecule has 7 rings (SSSR count). The van der Waals surface area contributed by atoms with Crippen LogP contribution in [0, 0.1) is 13.8 Å². The minimum atomic E-state index is -0.117. The number of fused-ring (bicyclic) bond motifs is 2. The maximum absolute atomic E-state index is 11.2. The van der Waals surface area contributed by atoms with Crippen molar-refractivity contribution >= 4 is 27.6 Å². The predicted molar refractivity (Wildman–Crippen MR) is 247 cm³/mol. The number of ketones is 1. The van der Waals surface area contributed by atoms with Crippen molar-refractivity contribution in [2.75, 3.05) is 0 Å². The lowest BCUT2D eigenvalue weighted by atomic mass is 9.95. The van der Waals surface area contributed by atoms with E-state index >= 15 is 0 Å². The van der Waals surface area contributed by atoms with Gasteiger partial charge in [0.25, 0.3) is 0 Å². The Balaban J connectivity index is 0.892. The summed E-state index contributed by atoms with van der Waals surface area (Å²) in [7, 11) is 0. The number of aliphatic hydroxyl groups excluding tert-OH is 1. The van der Waals surface area contributed by atoms with Gasteiger partial charge in [0, 0.05) is 34.4 Å². The zero-order chi connectivity index (χ0) is 41.0. The molecule has 0 bridgehead atoms. The first-order chi connectivity index (χ1) is 28.8. The third kappa shape index (κ3) is 11.9. The maximum Gasteiger partial charge on any atom is 0.155 e. The molecule has 0 radical (unpaired) electrons. The fourth-order valence-electron chi connectivity index (χ4n) is 8.44. The van der Waals surface area contributed by atoms with Crippen molar-refractivity contribution in [1.82, 2.24) is 9.97 Å². The van der Waals surface area contributed by atoms with Crippen molar-refractivity contribution in [2.24, 2.45) is 0 Å². The molecule has 4 nitrogen and oxygen atoms in total.